The molecule has 8 rings (SSSR count). The number of nitriles is 4. The highest BCUT2D eigenvalue weighted by molar-refractivity contribution is 8.30. The van der Waals surface area contributed by atoms with Crippen LogP contribution in [0.1, 0.15) is 0 Å². The lowest BCUT2D eigenvalue weighted by atomic mass is 9.99. The van der Waals surface area contributed by atoms with Crippen molar-refractivity contribution in [1.29, 1.82) is 21.0 Å². The number of hydrogen-bond acceptors (Lipinski definition) is 10. The van der Waals surface area contributed by atoms with Crippen molar-refractivity contribution in [3.63, 3.8) is 0 Å². The van der Waals surface area contributed by atoms with Gasteiger partial charge in [0.25, 0.3) is 22.8 Å². The van der Waals surface area contributed by atoms with E-state index in [1.807, 2.05) is 97.1 Å². The number of ether oxygens (including phenoxy) is 2. The van der Waals surface area contributed by atoms with Gasteiger partial charge in [-0.05, 0) is 80.5 Å². The molecule has 296 valence electrons. The van der Waals surface area contributed by atoms with Gasteiger partial charge >= 0.3 is 0 Å². The summed E-state index contributed by atoms with van der Waals surface area (Å²) in [6.45, 7) is 30.1. The molecule has 6 aromatic rings. The number of thioether (sulfide) groups is 4. The first kappa shape index (κ1) is 42.2. The molecule has 0 spiro atoms. The van der Waals surface area contributed by atoms with E-state index in [1.165, 1.54) is 0 Å². The van der Waals surface area contributed by atoms with Gasteiger partial charge in [-0.15, -0.1) is 0 Å². The molecule has 2 aliphatic heterocycles. The third-order valence-corrected chi connectivity index (χ3v) is 15.2. The molecule has 2 heterocycles. The Morgan fingerprint density at radius 3 is 1.16 bits per heavy atom. The van der Waals surface area contributed by atoms with Crippen LogP contribution in [0.2, 0.25) is 0 Å². The summed E-state index contributed by atoms with van der Waals surface area (Å²) in [5.41, 5.74) is 1.66. The van der Waals surface area contributed by atoms with E-state index in [2.05, 4.69) is 19.4 Å². The SMILES string of the molecule is [C-]#[N+]/C(C#N)=c1/cc/c(=C(\C#N)[N+]#[C-])c(-c2ccccc2Oc2ccc3c(c2)S/C(=C2/Sc4ccc(Oc5ccccc5-c5c/c(=C(\C#N)[N+]#[C-])cc/c5=C(/C#N)[N+]#[C-])cc4S2)S3)c1. The summed E-state index contributed by atoms with van der Waals surface area (Å²) >= 11 is 6.62. The number of hydrogen-bond donors (Lipinski definition) is 0. The molecule has 64 heavy (non-hydrogen) atoms. The molecule has 6 aromatic carbocycles. The number of benzene rings is 6. The lowest BCUT2D eigenvalue weighted by molar-refractivity contribution is 0.482. The Kier molecular flexibility index (Phi) is 12.3. The third-order valence-electron chi connectivity index (χ3n) is 9.58. The minimum atomic E-state index is -0.128. The van der Waals surface area contributed by atoms with Crippen LogP contribution in [0.15, 0.2) is 149 Å². The molecule has 0 aromatic heterocycles. The zero-order chi connectivity index (χ0) is 44.7. The van der Waals surface area contributed by atoms with Gasteiger partial charge in [-0.3, -0.25) is 0 Å². The zero-order valence-electron chi connectivity index (χ0n) is 32.6. The highest BCUT2D eigenvalue weighted by Crippen LogP contribution is 2.62. The van der Waals surface area contributed by atoms with Crippen LogP contribution in [0.25, 0.3) is 64.4 Å². The Bertz CT molecular complexity index is 3390. The highest BCUT2D eigenvalue weighted by Gasteiger charge is 2.28. The molecule has 0 aliphatic carbocycles. The van der Waals surface area contributed by atoms with Gasteiger partial charge in [0.15, 0.2) is 0 Å². The fourth-order valence-electron chi connectivity index (χ4n) is 6.69. The topological polar surface area (TPSA) is 131 Å². The molecule has 0 atom stereocenters. The van der Waals surface area contributed by atoms with Crippen LogP contribution >= 0.6 is 47.0 Å². The maximum Gasteiger partial charge on any atom is 0.269 e. The number of fused-ring (bicyclic) bond motifs is 2. The molecule has 0 radical (unpaired) electrons. The lowest BCUT2D eigenvalue weighted by Gasteiger charge is -2.13. The van der Waals surface area contributed by atoms with Gasteiger partial charge in [0.05, 0.1) is 59.0 Å². The van der Waals surface area contributed by atoms with Crippen molar-refractivity contribution in [2.75, 3.05) is 0 Å². The molecule has 14 heteroatoms. The normalized spacial score (nSPS) is 15.0. The Morgan fingerprint density at radius 2 is 0.781 bits per heavy atom. The van der Waals surface area contributed by atoms with Gasteiger partial charge in [0, 0.05) is 30.7 Å². The maximum atomic E-state index is 9.76. The average Bonchev–Trinajstić information content (AvgIpc) is 3.96. The summed E-state index contributed by atoms with van der Waals surface area (Å²) in [6, 6.07) is 43.5. The maximum absolute atomic E-state index is 9.76. The molecule has 10 nitrogen and oxygen atoms in total. The number of para-hydroxylation sites is 2. The van der Waals surface area contributed by atoms with Gasteiger partial charge in [-0.1, -0.05) is 120 Å². The van der Waals surface area contributed by atoms with Crippen LogP contribution in [0, 0.1) is 71.6 Å². The Labute approximate surface area is 383 Å². The first-order valence-electron chi connectivity index (χ1n) is 18.5. The van der Waals surface area contributed by atoms with Crippen molar-refractivity contribution in [3.05, 3.63) is 196 Å². The lowest BCUT2D eigenvalue weighted by Crippen LogP contribution is -2.15. The smallest absolute Gasteiger partial charge is 0.269 e. The van der Waals surface area contributed by atoms with Crippen LogP contribution in [0.3, 0.4) is 0 Å². The van der Waals surface area contributed by atoms with Crippen molar-refractivity contribution < 1.29 is 9.47 Å². The number of rotatable bonds is 6. The Morgan fingerprint density at radius 1 is 0.406 bits per heavy atom. The first-order valence-corrected chi connectivity index (χ1v) is 21.8. The fraction of sp³-hybridized carbons (Fsp3) is 0. The van der Waals surface area contributed by atoms with Gasteiger partial charge in [0.1, 0.15) is 23.0 Å². The molecule has 0 bridgehead atoms. The van der Waals surface area contributed by atoms with Crippen molar-refractivity contribution in [2.24, 2.45) is 0 Å². The molecule has 0 saturated heterocycles. The highest BCUT2D eigenvalue weighted by atomic mass is 32.2. The predicted molar refractivity (Wildman–Crippen MR) is 248 cm³/mol. The first-order chi connectivity index (χ1) is 31.3. The minimum absolute atomic E-state index is 0.112. The van der Waals surface area contributed by atoms with Gasteiger partial charge in [-0.2, -0.15) is 0 Å². The van der Waals surface area contributed by atoms with Crippen molar-refractivity contribution in [3.8, 4) is 69.5 Å². The monoisotopic (exact) mass is 892 g/mol. The third kappa shape index (κ3) is 8.26. The van der Waals surface area contributed by atoms with E-state index in [4.69, 9.17) is 35.8 Å². The molecular weight excluding hydrogens is 873 g/mol. The van der Waals surface area contributed by atoms with Gasteiger partial charge in [-0.25, -0.2) is 40.4 Å². The summed E-state index contributed by atoms with van der Waals surface area (Å²) in [6.07, 6.45) is 0. The van der Waals surface area contributed by atoms with E-state index in [1.54, 1.807) is 95.6 Å². The molecule has 0 fully saturated rings. The summed E-state index contributed by atoms with van der Waals surface area (Å²) in [7, 11) is 0. The van der Waals surface area contributed by atoms with Gasteiger partial charge < -0.3 is 9.47 Å². The Hall–Kier alpha value is -8.54. The van der Waals surface area contributed by atoms with E-state index >= 15 is 0 Å². The van der Waals surface area contributed by atoms with Crippen LogP contribution in [-0.2, 0) is 0 Å². The summed E-state index contributed by atoms with van der Waals surface area (Å²) in [4.78, 5) is 17.7. The summed E-state index contributed by atoms with van der Waals surface area (Å²) < 4.78 is 15.2. The quantitative estimate of drug-likeness (QED) is 0.149. The summed E-state index contributed by atoms with van der Waals surface area (Å²) in [5.74, 6) is 2.08. The molecule has 2 aliphatic rings. The van der Waals surface area contributed by atoms with Crippen LogP contribution in [-0.4, -0.2) is 0 Å². The minimum Gasteiger partial charge on any atom is -0.457 e. The van der Waals surface area contributed by atoms with Crippen LogP contribution in [0.4, 0.5) is 0 Å². The predicted octanol–water partition coefficient (Wildman–Crippen LogP) is 11.0. The van der Waals surface area contributed by atoms with E-state index in [9.17, 15) is 21.0 Å². The van der Waals surface area contributed by atoms with E-state index in [-0.39, 0.29) is 22.8 Å². The standard InChI is InChI=1S/C50H20N8O2S4/c1-55-39(25-51)29-13-17-33(41(27-53)57-3)37(21-29)35-9-5-7-11-43(35)59-31-15-19-45-47(23-31)63-49(61-45)50-62-46-20-16-32(24-48(46)64-50)60-44-12-8-6-10-36(44)38-22-30(40(26-52)56-2)14-18-34(38)42(28-54)58-4/h5-24H/b39-29-,40-30+,41-33-,42-34+,50-49-. The Balaban J connectivity index is 1.06. The molecule has 0 amide bonds. The van der Waals surface area contributed by atoms with Crippen molar-refractivity contribution in [1.82, 2.24) is 0 Å². The molecular formula is C50H20N8O2S4. The van der Waals surface area contributed by atoms with E-state index in [0.29, 0.717) is 66.1 Å². The van der Waals surface area contributed by atoms with Crippen LogP contribution < -0.4 is 30.3 Å². The van der Waals surface area contributed by atoms with Crippen molar-refractivity contribution in [2.45, 2.75) is 19.6 Å². The molecule has 0 N–H and O–H groups in total. The van der Waals surface area contributed by atoms with E-state index < -0.39 is 0 Å². The van der Waals surface area contributed by atoms with Crippen LogP contribution in [0.5, 0.6) is 23.0 Å². The summed E-state index contributed by atoms with van der Waals surface area (Å²) in [5, 5.41) is 40.1. The molecule has 0 saturated carbocycles. The average molecular weight is 893 g/mol. The largest absolute Gasteiger partial charge is 0.457 e. The van der Waals surface area contributed by atoms with Crippen molar-refractivity contribution >= 4 is 69.8 Å². The van der Waals surface area contributed by atoms with E-state index in [0.717, 1.165) is 28.1 Å². The second-order valence-electron chi connectivity index (χ2n) is 13.2. The number of nitrogens with zero attached hydrogens (tertiary/aromatic N) is 8. The second-order valence-corrected chi connectivity index (χ2v) is 17.9. The zero-order valence-corrected chi connectivity index (χ0v) is 35.8. The molecule has 0 unspecified atom stereocenters. The second kappa shape index (κ2) is 18.6. The fourth-order valence-corrected chi connectivity index (χ4v) is 12.0. The van der Waals surface area contributed by atoms with Gasteiger partial charge in [0.2, 0.25) is 0 Å².